The Hall–Kier alpha value is -5.71. The number of aromatic hydroxyl groups is 1. The van der Waals surface area contributed by atoms with E-state index in [-0.39, 0.29) is 61.3 Å². The maximum absolute atomic E-state index is 14.1. The molecule has 0 saturated carbocycles. The van der Waals surface area contributed by atoms with E-state index in [9.17, 15) is 24.6 Å². The lowest BCUT2D eigenvalue weighted by molar-refractivity contribution is -0.144. The van der Waals surface area contributed by atoms with Crippen LogP contribution >= 0.6 is 11.3 Å². The number of β-amino-alcohol motifs (C(OH)–C–C–N with tert-alkyl or cyclic N) is 1. The molecule has 2 saturated heterocycles. The summed E-state index contributed by atoms with van der Waals surface area (Å²) in [5.74, 6) is -0.809. The molecule has 0 spiro atoms. The Bertz CT molecular complexity index is 2220. The average molecular weight is 853 g/mol. The number of thiazole rings is 1. The molecule has 2 aliphatic heterocycles. The fourth-order valence-corrected chi connectivity index (χ4v) is 8.86. The molecule has 6 rings (SSSR count). The van der Waals surface area contributed by atoms with Crippen molar-refractivity contribution in [1.82, 2.24) is 35.2 Å². The van der Waals surface area contributed by atoms with E-state index in [4.69, 9.17) is 17.2 Å². The van der Waals surface area contributed by atoms with Crippen molar-refractivity contribution in [3.05, 3.63) is 101 Å². The number of aryl methyl sites for hydroxylation is 1. The fraction of sp³-hybridized carbons (Fsp3) is 0.444. The van der Waals surface area contributed by atoms with Gasteiger partial charge in [-0.15, -0.1) is 11.3 Å². The Balaban J connectivity index is 0.980. The number of aliphatic hydroxyl groups excluding tert-OH is 1. The van der Waals surface area contributed by atoms with Gasteiger partial charge in [-0.25, -0.2) is 4.98 Å². The van der Waals surface area contributed by atoms with Crippen LogP contribution < -0.4 is 27.8 Å². The number of piperidine rings is 1. The van der Waals surface area contributed by atoms with E-state index in [1.807, 2.05) is 68.3 Å². The Morgan fingerprint density at radius 2 is 1.80 bits per heavy atom. The van der Waals surface area contributed by atoms with Crippen LogP contribution in [0, 0.1) is 12.3 Å². The highest BCUT2D eigenvalue weighted by Crippen LogP contribution is 2.30. The molecule has 3 amide bonds. The van der Waals surface area contributed by atoms with Crippen molar-refractivity contribution in [2.24, 2.45) is 22.6 Å². The first-order valence-electron chi connectivity index (χ1n) is 20.9. The third-order valence-electron chi connectivity index (χ3n) is 11.4. The number of allylic oxidation sites excluding steroid dienone is 2. The van der Waals surface area contributed by atoms with Crippen molar-refractivity contribution in [3.63, 3.8) is 0 Å². The lowest BCUT2D eigenvalue weighted by Crippen LogP contribution is -2.57. The molecule has 4 aromatic rings. The number of nitrogens with two attached hydrogens (primary N) is 3. The number of unbranched alkanes of at least 4 members (excludes halogenated alkanes) is 1. The van der Waals surface area contributed by atoms with Gasteiger partial charge in [-0.3, -0.25) is 19.1 Å². The number of likely N-dealkylation sites (tertiary alicyclic amines) is 2. The van der Waals surface area contributed by atoms with E-state index in [1.54, 1.807) is 47.9 Å². The molecule has 0 bridgehead atoms. The monoisotopic (exact) mass is 852 g/mol. The molecule has 0 aliphatic carbocycles. The standard InChI is InChI=1S/C45H60N10O5S/c1-28-40(61-27-50-28)30-16-14-29(15-17-30)22-49-43(59)37-20-33(56)26-54(37)44(60)41(45(2,3)4)52-39(58)13-7-8-18-53-19-9-10-32(25-53)55-24-31(23-51-55)35(42(47)48)21-36(46)34-11-5-6-12-38(34)57/h5-6,11-12,14-17,21,23-24,27,32-33,37,41,56-57H,7-10,13,18-20,22,25-26,46-48H2,1-4H3,(H,49,59)(H,52,58)/b36-21-/t32?,33-,37+,41-/m1/s1. The minimum atomic E-state index is -0.882. The van der Waals surface area contributed by atoms with E-state index in [0.29, 0.717) is 28.8 Å². The third-order valence-corrected chi connectivity index (χ3v) is 12.4. The number of phenols is 1. The van der Waals surface area contributed by atoms with E-state index in [1.165, 1.54) is 4.90 Å². The molecular weight excluding hydrogens is 793 g/mol. The van der Waals surface area contributed by atoms with E-state index in [2.05, 4.69) is 25.6 Å². The fourth-order valence-electron chi connectivity index (χ4n) is 8.05. The number of carbonyl (C=O) groups excluding carboxylic acids is 3. The maximum Gasteiger partial charge on any atom is 0.246 e. The summed E-state index contributed by atoms with van der Waals surface area (Å²) >= 11 is 1.58. The predicted molar refractivity (Wildman–Crippen MR) is 238 cm³/mol. The Labute approximate surface area is 361 Å². The summed E-state index contributed by atoms with van der Waals surface area (Å²) < 4.78 is 1.93. The number of aliphatic hydroxyl groups is 1. The highest BCUT2D eigenvalue weighted by Gasteiger charge is 2.44. The topological polar surface area (TPSA) is 231 Å². The zero-order valence-corrected chi connectivity index (χ0v) is 36.3. The normalized spacial score (nSPS) is 19.1. The van der Waals surface area contributed by atoms with Crippen LogP contribution in [0.4, 0.5) is 0 Å². The first kappa shape index (κ1) is 44.8. The van der Waals surface area contributed by atoms with E-state index >= 15 is 0 Å². The van der Waals surface area contributed by atoms with Crippen LogP contribution in [0.25, 0.3) is 21.7 Å². The summed E-state index contributed by atoms with van der Waals surface area (Å²) in [6.07, 6.45) is 8.17. The zero-order valence-electron chi connectivity index (χ0n) is 35.5. The minimum absolute atomic E-state index is 0.0171. The second-order valence-electron chi connectivity index (χ2n) is 17.2. The third kappa shape index (κ3) is 11.4. The van der Waals surface area contributed by atoms with Gasteiger partial charge in [-0.1, -0.05) is 57.2 Å². The molecule has 2 aromatic carbocycles. The molecule has 2 aromatic heterocycles. The first-order valence-corrected chi connectivity index (χ1v) is 21.8. The van der Waals surface area contributed by atoms with Gasteiger partial charge in [0.15, 0.2) is 0 Å². The lowest BCUT2D eigenvalue weighted by atomic mass is 9.85. The van der Waals surface area contributed by atoms with Gasteiger partial charge >= 0.3 is 0 Å². The number of phenolic OH excluding ortho intramolecular Hbond substituents is 1. The molecule has 61 heavy (non-hydrogen) atoms. The summed E-state index contributed by atoms with van der Waals surface area (Å²) in [6, 6.07) is 13.1. The number of nitrogens with one attached hydrogen (secondary N) is 2. The highest BCUT2D eigenvalue weighted by atomic mass is 32.1. The number of hydrogen-bond donors (Lipinski definition) is 7. The SMILES string of the molecule is Cc1ncsc1-c1ccc(CNC(=O)[C@@H]2C[C@@H](O)CN2C(=O)[C@@H](NC(=O)CCCCN2CCCC(n3cc(C(/C=C(\N)c4ccccc4O)=C(N)N)cn3)C2)C(C)(C)C)cc1. The average Bonchev–Trinajstić information content (AvgIpc) is 3.99. The summed E-state index contributed by atoms with van der Waals surface area (Å²) in [7, 11) is 0. The molecule has 4 atom stereocenters. The van der Waals surface area contributed by atoms with Crippen LogP contribution in [-0.2, 0) is 20.9 Å². The van der Waals surface area contributed by atoms with Crippen molar-refractivity contribution >= 4 is 40.3 Å². The largest absolute Gasteiger partial charge is 0.507 e. The van der Waals surface area contributed by atoms with E-state index in [0.717, 1.165) is 60.6 Å². The van der Waals surface area contributed by atoms with E-state index < -0.39 is 23.6 Å². The van der Waals surface area contributed by atoms with Crippen molar-refractivity contribution in [1.29, 1.82) is 0 Å². The molecule has 1 unspecified atom stereocenters. The van der Waals surface area contributed by atoms with Gasteiger partial charge in [-0.05, 0) is 80.4 Å². The molecule has 2 aliphatic rings. The van der Waals surface area contributed by atoms with Crippen molar-refractivity contribution in [2.75, 3.05) is 26.2 Å². The van der Waals surface area contributed by atoms with Gasteiger partial charge in [0.1, 0.15) is 23.7 Å². The van der Waals surface area contributed by atoms with Gasteiger partial charge in [0.05, 0.1) is 34.4 Å². The van der Waals surface area contributed by atoms with Crippen LogP contribution in [0.5, 0.6) is 5.75 Å². The smallest absolute Gasteiger partial charge is 0.246 e. The maximum atomic E-state index is 14.1. The molecular formula is C45H60N10O5S. The summed E-state index contributed by atoms with van der Waals surface area (Å²) in [4.78, 5) is 50.1. The number of amides is 3. The van der Waals surface area contributed by atoms with Gasteiger partial charge in [0, 0.05) is 61.1 Å². The summed E-state index contributed by atoms with van der Waals surface area (Å²) in [5.41, 5.74) is 24.6. The zero-order chi connectivity index (χ0) is 43.8. The number of benzene rings is 2. The molecule has 4 heterocycles. The number of rotatable bonds is 15. The Morgan fingerprint density at radius 3 is 2.49 bits per heavy atom. The first-order chi connectivity index (χ1) is 29.1. The van der Waals surface area contributed by atoms with Crippen LogP contribution in [0.3, 0.4) is 0 Å². The quantitative estimate of drug-likeness (QED) is 0.0661. The molecule has 0 radical (unpaired) electrons. The van der Waals surface area contributed by atoms with Gasteiger partial charge in [0.2, 0.25) is 17.7 Å². The Morgan fingerprint density at radius 1 is 1.05 bits per heavy atom. The molecule has 10 N–H and O–H groups in total. The lowest BCUT2D eigenvalue weighted by Gasteiger charge is -2.35. The van der Waals surface area contributed by atoms with Crippen LogP contribution in [0.15, 0.2) is 78.3 Å². The molecule has 326 valence electrons. The summed E-state index contributed by atoms with van der Waals surface area (Å²) in [6.45, 7) is 10.4. The Kier molecular flexibility index (Phi) is 14.5. The van der Waals surface area contributed by atoms with Crippen LogP contribution in [-0.4, -0.2) is 96.9 Å². The number of hydrogen-bond acceptors (Lipinski definition) is 12. The predicted octanol–water partition coefficient (Wildman–Crippen LogP) is 4.22. The number of para-hydroxylation sites is 1. The molecule has 2 fully saturated rings. The van der Waals surface area contributed by atoms with Gasteiger partial charge in [-0.2, -0.15) is 5.10 Å². The number of carbonyl (C=O) groups is 3. The minimum Gasteiger partial charge on any atom is -0.507 e. The van der Waals surface area contributed by atoms with Crippen molar-refractivity contribution < 1.29 is 24.6 Å². The van der Waals surface area contributed by atoms with Gasteiger partial charge < -0.3 is 47.8 Å². The van der Waals surface area contributed by atoms with Crippen LogP contribution in [0.1, 0.15) is 87.7 Å². The summed E-state index contributed by atoms with van der Waals surface area (Å²) in [5, 5.41) is 31.4. The second kappa shape index (κ2) is 19.8. The van der Waals surface area contributed by atoms with Gasteiger partial charge in [0.25, 0.3) is 0 Å². The number of nitrogens with zero attached hydrogens (tertiary/aromatic N) is 5. The highest BCUT2D eigenvalue weighted by molar-refractivity contribution is 7.13. The number of aromatic nitrogens is 3. The second-order valence-corrected chi connectivity index (χ2v) is 18.0. The molecule has 15 nitrogen and oxygen atoms in total. The van der Waals surface area contributed by atoms with Crippen molar-refractivity contribution in [2.45, 2.75) is 97.0 Å². The van der Waals surface area contributed by atoms with Crippen molar-refractivity contribution in [3.8, 4) is 16.2 Å². The molecule has 16 heteroatoms. The van der Waals surface area contributed by atoms with Crippen LogP contribution in [0.2, 0.25) is 0 Å².